The van der Waals surface area contributed by atoms with Crippen LogP contribution in [-0.2, 0) is 0 Å². The molecule has 0 fully saturated rings. The number of rotatable bonds is 9. The summed E-state index contributed by atoms with van der Waals surface area (Å²) in [5.74, 6) is 0.928. The van der Waals surface area contributed by atoms with Crippen molar-refractivity contribution in [3.8, 4) is 0 Å². The lowest BCUT2D eigenvalue weighted by atomic mass is 9.79. The van der Waals surface area contributed by atoms with Crippen molar-refractivity contribution in [1.29, 1.82) is 0 Å². The third kappa shape index (κ3) is 5.34. The van der Waals surface area contributed by atoms with Crippen LogP contribution < -0.4 is 0 Å². The summed E-state index contributed by atoms with van der Waals surface area (Å²) >= 11 is 0. The zero-order chi connectivity index (χ0) is 11.7. The first-order valence-electron chi connectivity index (χ1n) is 6.93. The van der Waals surface area contributed by atoms with Gasteiger partial charge in [-0.05, 0) is 36.8 Å². The largest absolute Gasteiger partial charge is 0.131 e. The van der Waals surface area contributed by atoms with E-state index in [1.807, 2.05) is 0 Å². The highest BCUT2D eigenvalue weighted by Gasteiger charge is 2.31. The first-order chi connectivity index (χ1) is 7.14. The molecule has 0 aliphatic carbocycles. The van der Waals surface area contributed by atoms with Crippen molar-refractivity contribution in [3.05, 3.63) is 0 Å². The van der Waals surface area contributed by atoms with E-state index in [1.54, 1.807) is 0 Å². The van der Waals surface area contributed by atoms with E-state index >= 15 is 0 Å². The van der Waals surface area contributed by atoms with Crippen LogP contribution in [0, 0.1) is 5.92 Å². The van der Waals surface area contributed by atoms with E-state index in [0.29, 0.717) is 5.16 Å². The minimum absolute atomic E-state index is 0.537. The van der Waals surface area contributed by atoms with E-state index < -0.39 is 0 Å². The normalized spacial score (nSPS) is 12.4. The van der Waals surface area contributed by atoms with Crippen LogP contribution in [-0.4, -0.2) is 5.16 Å². The molecule has 0 N–H and O–H groups in total. The van der Waals surface area contributed by atoms with E-state index in [4.69, 9.17) is 0 Å². The summed E-state index contributed by atoms with van der Waals surface area (Å²) in [6, 6.07) is 0. The maximum atomic E-state index is 3.22. The molecular weight excluding hydrogens is 199 g/mol. The summed E-state index contributed by atoms with van der Waals surface area (Å²) in [4.78, 5) is 0. The quantitative estimate of drug-likeness (QED) is 0.464. The van der Waals surface area contributed by atoms with Gasteiger partial charge in [0.15, 0.2) is 0 Å². The molecule has 15 heavy (non-hydrogen) atoms. The predicted molar refractivity (Wildman–Crippen MR) is 75.6 cm³/mol. The first-order valence-corrected chi connectivity index (χ1v) is 7.51. The van der Waals surface area contributed by atoms with Crippen molar-refractivity contribution in [2.45, 2.75) is 84.2 Å². The third-order valence-electron chi connectivity index (χ3n) is 3.52. The zero-order valence-corrected chi connectivity index (χ0v) is 12.5. The Balaban J connectivity index is 4.48. The summed E-state index contributed by atoms with van der Waals surface area (Å²) in [7, 11) is 3.22. The van der Waals surface area contributed by atoms with Gasteiger partial charge in [0.2, 0.25) is 0 Å². The lowest BCUT2D eigenvalue weighted by Crippen LogP contribution is -2.31. The minimum atomic E-state index is 0.537. The van der Waals surface area contributed by atoms with E-state index in [9.17, 15) is 0 Å². The molecule has 0 aliphatic heterocycles. The van der Waals surface area contributed by atoms with Gasteiger partial charge in [0.1, 0.15) is 0 Å². The van der Waals surface area contributed by atoms with Crippen molar-refractivity contribution in [2.75, 3.05) is 0 Å². The van der Waals surface area contributed by atoms with Crippen molar-refractivity contribution in [3.63, 3.8) is 0 Å². The van der Waals surface area contributed by atoms with Gasteiger partial charge >= 0.3 is 0 Å². The Morgan fingerprint density at radius 3 is 1.47 bits per heavy atom. The molecule has 1 unspecified atom stereocenters. The second-order valence-electron chi connectivity index (χ2n) is 5.01. The van der Waals surface area contributed by atoms with E-state index in [1.165, 1.54) is 51.4 Å². The topological polar surface area (TPSA) is 0 Å². The van der Waals surface area contributed by atoms with Gasteiger partial charge in [0, 0.05) is 0 Å². The fourth-order valence-electron chi connectivity index (χ4n) is 2.88. The molecule has 0 saturated heterocycles. The van der Waals surface area contributed by atoms with Gasteiger partial charge in [-0.1, -0.05) is 53.4 Å². The fourth-order valence-corrected chi connectivity index (χ4v) is 3.79. The molecule has 0 radical (unpaired) electrons. The zero-order valence-electron chi connectivity index (χ0n) is 11.3. The molecule has 0 bridgehead atoms. The van der Waals surface area contributed by atoms with Gasteiger partial charge < -0.3 is 0 Å². The standard InChI is InChI=1S/C14H31P/c1-5-9-13(10-6-2)14(15,11-7-3)12-8-4/h13H,5-12,15H2,1-4H3. The summed E-state index contributed by atoms with van der Waals surface area (Å²) in [5, 5.41) is 0.537. The Kier molecular flexibility index (Phi) is 8.81. The van der Waals surface area contributed by atoms with Gasteiger partial charge in [0.05, 0.1) is 0 Å². The monoisotopic (exact) mass is 230 g/mol. The van der Waals surface area contributed by atoms with Gasteiger partial charge in [-0.25, -0.2) is 0 Å². The summed E-state index contributed by atoms with van der Waals surface area (Å²) < 4.78 is 0. The van der Waals surface area contributed by atoms with Crippen LogP contribution in [0.5, 0.6) is 0 Å². The van der Waals surface area contributed by atoms with Crippen molar-refractivity contribution in [1.82, 2.24) is 0 Å². The highest BCUT2D eigenvalue weighted by atomic mass is 31.0. The SMILES string of the molecule is CCCC(CCC)C(P)(CCC)CCC. The van der Waals surface area contributed by atoms with Crippen LogP contribution in [0.1, 0.15) is 79.1 Å². The second kappa shape index (κ2) is 8.57. The molecule has 0 aromatic carbocycles. The average Bonchev–Trinajstić information content (AvgIpc) is 2.18. The maximum absolute atomic E-state index is 3.22. The van der Waals surface area contributed by atoms with Crippen LogP contribution >= 0.6 is 9.24 Å². The van der Waals surface area contributed by atoms with Crippen molar-refractivity contribution in [2.24, 2.45) is 5.92 Å². The number of hydrogen-bond donors (Lipinski definition) is 0. The van der Waals surface area contributed by atoms with E-state index in [0.717, 1.165) is 5.92 Å². The molecule has 0 aliphatic rings. The van der Waals surface area contributed by atoms with Crippen molar-refractivity contribution < 1.29 is 0 Å². The predicted octanol–water partition coefficient (Wildman–Crippen LogP) is 5.42. The Labute approximate surface area is 99.8 Å². The molecule has 0 heterocycles. The number of hydrogen-bond acceptors (Lipinski definition) is 0. The molecule has 0 saturated carbocycles. The highest BCUT2D eigenvalue weighted by Crippen LogP contribution is 2.42. The second-order valence-corrected chi connectivity index (χ2v) is 6.16. The average molecular weight is 230 g/mol. The highest BCUT2D eigenvalue weighted by molar-refractivity contribution is 7.19. The van der Waals surface area contributed by atoms with Gasteiger partial charge in [0.25, 0.3) is 0 Å². The molecule has 92 valence electrons. The molecule has 1 atom stereocenters. The minimum Gasteiger partial charge on any atom is -0.131 e. The lowest BCUT2D eigenvalue weighted by molar-refractivity contribution is 0.290. The summed E-state index contributed by atoms with van der Waals surface area (Å²) in [6.07, 6.45) is 10.9. The van der Waals surface area contributed by atoms with Crippen molar-refractivity contribution >= 4 is 9.24 Å². The van der Waals surface area contributed by atoms with Crippen LogP contribution in [0.15, 0.2) is 0 Å². The molecule has 0 rings (SSSR count). The molecule has 0 aromatic rings. The molecule has 1 heteroatoms. The summed E-state index contributed by atoms with van der Waals surface area (Å²) in [5.41, 5.74) is 0. The molecule has 0 spiro atoms. The fraction of sp³-hybridized carbons (Fsp3) is 1.00. The Morgan fingerprint density at radius 2 is 1.20 bits per heavy atom. The Bertz CT molecular complexity index is 130. The Hall–Kier alpha value is 0.430. The maximum Gasteiger partial charge on any atom is -0.0122 e. The molecular formula is C14H31P. The van der Waals surface area contributed by atoms with E-state index in [-0.39, 0.29) is 0 Å². The summed E-state index contributed by atoms with van der Waals surface area (Å²) in [6.45, 7) is 9.30. The molecule has 0 amide bonds. The smallest absolute Gasteiger partial charge is 0.0122 e. The van der Waals surface area contributed by atoms with Crippen LogP contribution in [0.2, 0.25) is 0 Å². The Morgan fingerprint density at radius 1 is 0.800 bits per heavy atom. The van der Waals surface area contributed by atoms with Crippen LogP contribution in [0.4, 0.5) is 0 Å². The van der Waals surface area contributed by atoms with Gasteiger partial charge in [-0.3, -0.25) is 0 Å². The van der Waals surface area contributed by atoms with Gasteiger partial charge in [-0.15, -0.1) is 9.24 Å². The molecule has 0 aromatic heterocycles. The molecule has 0 nitrogen and oxygen atoms in total. The lowest BCUT2D eigenvalue weighted by Gasteiger charge is -2.38. The van der Waals surface area contributed by atoms with Gasteiger partial charge in [-0.2, -0.15) is 0 Å². The van der Waals surface area contributed by atoms with E-state index in [2.05, 4.69) is 36.9 Å². The van der Waals surface area contributed by atoms with Crippen LogP contribution in [0.3, 0.4) is 0 Å². The third-order valence-corrected chi connectivity index (χ3v) is 4.57. The van der Waals surface area contributed by atoms with Crippen LogP contribution in [0.25, 0.3) is 0 Å². The first kappa shape index (κ1) is 15.4.